The van der Waals surface area contributed by atoms with E-state index in [-0.39, 0.29) is 145 Å². The Morgan fingerprint density at radius 3 is 1.04 bits per heavy atom. The van der Waals surface area contributed by atoms with Crippen LogP contribution in [0.15, 0.2) is 97.1 Å². The number of unbranched alkanes of at least 4 members (excludes halogenated alkanes) is 3. The minimum absolute atomic E-state index is 0. The molecule has 0 saturated carbocycles. The molecule has 4 amide bonds. The summed E-state index contributed by atoms with van der Waals surface area (Å²) in [6, 6.07) is 28.5. The number of benzene rings is 4. The summed E-state index contributed by atoms with van der Waals surface area (Å²) in [6.07, 6.45) is -9.75. The Bertz CT molecular complexity index is 6110. The van der Waals surface area contributed by atoms with Crippen LogP contribution in [0.2, 0.25) is 0 Å². The molecule has 32 nitrogen and oxygen atoms in total. The normalized spacial score (nSPS) is 23.9. The van der Waals surface area contributed by atoms with E-state index in [0.29, 0.717) is 70.2 Å². The highest BCUT2D eigenvalue weighted by molar-refractivity contribution is 6.05. The highest BCUT2D eigenvalue weighted by atomic mass is 16.5. The van der Waals surface area contributed by atoms with Gasteiger partial charge in [0.05, 0.1) is 59.3 Å². The largest absolute Gasteiger partial charge is 0.463 e. The summed E-state index contributed by atoms with van der Waals surface area (Å²) in [5, 5.41) is 10.3. The topological polar surface area (TPSA) is 386 Å². The van der Waals surface area contributed by atoms with Gasteiger partial charge >= 0.3 is 24.0 Å². The molecule has 8 aromatic rings. The predicted octanol–water partition coefficient (Wildman–Crippen LogP) is 13.7. The average molecular weight is 1730 g/mol. The number of anilines is 12. The van der Waals surface area contributed by atoms with Crippen LogP contribution in [0.3, 0.4) is 0 Å². The molecule has 1 atom stereocenters. The first-order valence-electron chi connectivity index (χ1n) is 53.9. The van der Waals surface area contributed by atoms with Gasteiger partial charge in [-0.25, -0.2) is 0 Å². The fourth-order valence-electron chi connectivity index (χ4n) is 13.9. The summed E-state index contributed by atoms with van der Waals surface area (Å²) in [5.41, 5.74) is 31.0. The van der Waals surface area contributed by atoms with Gasteiger partial charge in [0.1, 0.15) is 22.7 Å². The van der Waals surface area contributed by atoms with Crippen LogP contribution < -0.4 is 82.7 Å². The molecule has 8 aliphatic rings. The van der Waals surface area contributed by atoms with Crippen molar-refractivity contribution in [2.24, 2.45) is 0 Å². The first kappa shape index (κ1) is 63.4. The Balaban J connectivity index is 0.000000225. The Hall–Kier alpha value is -11.5. The van der Waals surface area contributed by atoms with E-state index in [4.69, 9.17) is 80.3 Å². The molecular weight excluding hydrogens is 1570 g/mol. The van der Waals surface area contributed by atoms with Crippen molar-refractivity contribution in [2.45, 2.75) is 212 Å². The van der Waals surface area contributed by atoms with E-state index in [1.54, 1.807) is 40.1 Å². The van der Waals surface area contributed by atoms with Gasteiger partial charge in [-0.15, -0.1) is 0 Å². The van der Waals surface area contributed by atoms with Crippen molar-refractivity contribution < 1.29 is 76.5 Å². The molecule has 12 heterocycles. The number of aromatic nitrogens is 8. The van der Waals surface area contributed by atoms with Crippen molar-refractivity contribution in [3.05, 3.63) is 142 Å². The molecule has 4 saturated heterocycles. The van der Waals surface area contributed by atoms with E-state index in [1.807, 2.05) is 31.2 Å². The summed E-state index contributed by atoms with van der Waals surface area (Å²) in [6.45, 7) is -9.59. The van der Waals surface area contributed by atoms with Crippen LogP contribution in [0.4, 0.5) is 69.3 Å². The Kier molecular flexibility index (Phi) is 24.5. The van der Waals surface area contributed by atoms with Crippen molar-refractivity contribution >= 4 is 92.9 Å². The van der Waals surface area contributed by atoms with Gasteiger partial charge in [-0.1, -0.05) is 180 Å². The third-order valence-corrected chi connectivity index (χ3v) is 19.5. The van der Waals surface area contributed by atoms with Crippen LogP contribution in [0.25, 0.3) is 0 Å². The number of amides is 4. The smallest absolute Gasteiger partial charge is 0.320 e. The summed E-state index contributed by atoms with van der Waals surface area (Å²) >= 11 is 0. The number of nitrogens with two attached hydrogens (primary N) is 4. The van der Waals surface area contributed by atoms with E-state index in [9.17, 15) is 19.2 Å². The number of ether oxygens (including phenoxy) is 4. The van der Waals surface area contributed by atoms with Gasteiger partial charge < -0.3 is 82.7 Å². The number of carbonyl (C=O) groups is 4. The highest BCUT2D eigenvalue weighted by Crippen LogP contribution is 2.39. The molecule has 12 N–H and O–H groups in total. The zero-order valence-electron chi connectivity index (χ0n) is 95.1. The van der Waals surface area contributed by atoms with Crippen LogP contribution >= 0.6 is 0 Å². The zero-order chi connectivity index (χ0) is 109. The van der Waals surface area contributed by atoms with Gasteiger partial charge in [-0.3, -0.25) is 38.8 Å². The van der Waals surface area contributed by atoms with Gasteiger partial charge in [0.25, 0.3) is 0 Å². The minimum atomic E-state index is -3.77. The lowest BCUT2D eigenvalue weighted by Crippen LogP contribution is -2.39. The SMILES string of the molecule is C.C.C.C.[2H]C([2H])([2H])C([2H])([2H])C([2H])([2H])C([2H])([2H])Oc1nc(N)c2c(n1)N(Cc1cccc(CN3C([2H])([2H])C([2H])([2H])C([2H])([2H])C3([2H])[2H])c1)CC(=O)N2.[2H]C1([2H])C(=O)Nc2c(N)nc(OCCCC)nc2N1Cc1cccc(CN2CCCC2)c1.[2H]C1([2H])N(Cc2cccc(CN3CC(=O)Nc4c(N)nc(OCCCC)nc43)c2)C([2H])([2H])C([2H])([2H])C1([2H])[2H].[2H]C1C(=O)Nc2c(N)nc(OCCCC)nc2N1Cc1cccc(CN2CCCC2)c1. The summed E-state index contributed by atoms with van der Waals surface area (Å²) in [5.74, 6) is -1.44. The maximum atomic E-state index is 12.5. The maximum absolute atomic E-state index is 12.5. The van der Waals surface area contributed by atoms with E-state index < -0.39 is 127 Å². The van der Waals surface area contributed by atoms with Crippen molar-refractivity contribution in [1.82, 2.24) is 59.5 Å². The molecule has 0 spiro atoms. The quantitative estimate of drug-likeness (QED) is 0.0182. The molecule has 672 valence electrons. The molecule has 1 unspecified atom stereocenters. The lowest BCUT2D eigenvalue weighted by Gasteiger charge is -2.30. The zero-order valence-corrected chi connectivity index (χ0v) is 67.1. The molecule has 0 bridgehead atoms. The van der Waals surface area contributed by atoms with Gasteiger partial charge in [-0.2, -0.15) is 39.9 Å². The Labute approximate surface area is 773 Å². The lowest BCUT2D eigenvalue weighted by molar-refractivity contribution is -0.116. The van der Waals surface area contributed by atoms with Crippen LogP contribution in [0, 0.1) is 0 Å². The molecule has 16 rings (SSSR count). The monoisotopic (exact) mass is 1730 g/mol. The van der Waals surface area contributed by atoms with Crippen molar-refractivity contribution in [3.63, 3.8) is 0 Å². The fourth-order valence-corrected chi connectivity index (χ4v) is 13.9. The van der Waals surface area contributed by atoms with E-state index in [2.05, 4.69) is 109 Å². The van der Waals surface area contributed by atoms with E-state index in [1.165, 1.54) is 59.2 Å². The molecule has 8 aliphatic heterocycles. The number of carbonyl (C=O) groups excluding carboxylic acids is 4. The molecule has 4 aromatic carbocycles. The van der Waals surface area contributed by atoms with Crippen molar-refractivity contribution in [1.29, 1.82) is 0 Å². The first-order valence-corrected chi connectivity index (χ1v) is 39.9. The number of fused-ring (bicyclic) bond motifs is 4. The third-order valence-electron chi connectivity index (χ3n) is 19.5. The lowest BCUT2D eigenvalue weighted by atomic mass is 10.1. The van der Waals surface area contributed by atoms with Gasteiger partial charge in [0.2, 0.25) is 23.6 Å². The molecule has 124 heavy (non-hydrogen) atoms. The summed E-state index contributed by atoms with van der Waals surface area (Å²) < 4.78 is 246. The van der Waals surface area contributed by atoms with Crippen LogP contribution in [0.1, 0.15) is 243 Å². The van der Waals surface area contributed by atoms with Crippen LogP contribution in [0.5, 0.6) is 24.0 Å². The molecule has 4 fully saturated rings. The average Bonchev–Trinajstić information content (AvgIpc) is 1.53. The highest BCUT2D eigenvalue weighted by Gasteiger charge is 2.33. The van der Waals surface area contributed by atoms with Crippen LogP contribution in [-0.2, 0) is 71.5 Å². The molecule has 0 radical (unpaired) electrons. The number of likely N-dealkylation sites (tertiary alicyclic amines) is 4. The summed E-state index contributed by atoms with van der Waals surface area (Å²) in [4.78, 5) is 95.3. The molecule has 4 aromatic heterocycles. The van der Waals surface area contributed by atoms with E-state index >= 15 is 0 Å². The van der Waals surface area contributed by atoms with Gasteiger partial charge in [-0.05, 0) is 173 Å². The second kappa shape index (κ2) is 48.0. The Morgan fingerprint density at radius 1 is 0.387 bits per heavy atom. The number of nitrogens with zero attached hydrogens (tertiary/aromatic N) is 16. The number of hydrogen-bond donors (Lipinski definition) is 8. The second-order valence-corrected chi connectivity index (χ2v) is 29.0. The number of hydrogen-bond acceptors (Lipinski definition) is 28. The van der Waals surface area contributed by atoms with Crippen LogP contribution in [-0.4, -0.2) is 188 Å². The van der Waals surface area contributed by atoms with E-state index in [0.717, 1.165) is 94.5 Å². The predicted molar refractivity (Wildman–Crippen MR) is 497 cm³/mol. The van der Waals surface area contributed by atoms with Gasteiger partial charge in [0, 0.05) is 83.9 Å². The maximum Gasteiger partial charge on any atom is 0.320 e. The number of nitrogens with one attached hydrogen (secondary N) is 4. The fraction of sp³-hybridized carbons (Fsp3) is 0.522. The first-order chi connectivity index (χ1) is 69.1. The van der Waals surface area contributed by atoms with Crippen molar-refractivity contribution in [2.75, 3.05) is 168 Å². The standard InChI is InChI=1S/4C22H30N6O2.4CH4/c4*1-2-3-11-30-22-25-20(23)19-21(26-22)28(15-18(29)24-19)14-17-8-6-7-16(12-17)13-27-9-4-5-10-27;;;;/h4*6-8,12H,2-5,9-11,13-15H2,1H3,(H,24,29)(H2,23,25,26);4*1H4/i1D3,2D2,3D2,4D2,5D2,9D2,10D2,11D2;4D2,5D2,9D2,10D2;15D2;15D;;;;. The number of nitrogen functional groups attached to an aromatic ring is 4. The Morgan fingerprint density at radius 2 is 0.685 bits per heavy atom. The molecule has 0 aliphatic carbocycles. The van der Waals surface area contributed by atoms with Gasteiger partial charge in [0.15, 0.2) is 46.5 Å². The molecular formula is C92H136N24O8. The molecule has 32 heteroatoms. The van der Waals surface area contributed by atoms with Crippen molar-refractivity contribution in [3.8, 4) is 24.0 Å². The second-order valence-electron chi connectivity index (χ2n) is 29.0. The summed E-state index contributed by atoms with van der Waals surface area (Å²) in [7, 11) is 0. The third kappa shape index (κ3) is 27.3. The minimum Gasteiger partial charge on any atom is -0.463 e. The number of rotatable bonds is 32.